The number of hydrogen-bond donors (Lipinski definition) is 0. The smallest absolute Gasteiger partial charge is 0.233 e. The standard InChI is InChI=1S/C16H21NO/c1-17(14-9-5-6-10-14)15(18)16(11-12-16)13-7-3-2-4-8-13/h2-4,7-8,14H,5-6,9-12H2,1H3. The minimum Gasteiger partial charge on any atom is -0.342 e. The first-order valence-electron chi connectivity index (χ1n) is 7.07. The third-order valence-electron chi connectivity index (χ3n) is 4.68. The van der Waals surface area contributed by atoms with Gasteiger partial charge in [0.15, 0.2) is 0 Å². The summed E-state index contributed by atoms with van der Waals surface area (Å²) in [4.78, 5) is 14.8. The highest BCUT2D eigenvalue weighted by atomic mass is 16.2. The lowest BCUT2D eigenvalue weighted by atomic mass is 9.94. The first-order valence-corrected chi connectivity index (χ1v) is 7.07. The highest BCUT2D eigenvalue weighted by Crippen LogP contribution is 2.50. The van der Waals surface area contributed by atoms with E-state index in [4.69, 9.17) is 0 Å². The Morgan fingerprint density at radius 1 is 1.17 bits per heavy atom. The average Bonchev–Trinajstić information content (AvgIpc) is 3.05. The maximum absolute atomic E-state index is 12.7. The van der Waals surface area contributed by atoms with Crippen LogP contribution in [0.25, 0.3) is 0 Å². The van der Waals surface area contributed by atoms with Crippen LogP contribution in [0.5, 0.6) is 0 Å². The van der Waals surface area contributed by atoms with E-state index in [9.17, 15) is 4.79 Å². The van der Waals surface area contributed by atoms with Crippen LogP contribution < -0.4 is 0 Å². The van der Waals surface area contributed by atoms with Gasteiger partial charge in [0.1, 0.15) is 0 Å². The highest BCUT2D eigenvalue weighted by molar-refractivity contribution is 5.91. The fourth-order valence-electron chi connectivity index (χ4n) is 3.30. The minimum atomic E-state index is -0.182. The van der Waals surface area contributed by atoms with Gasteiger partial charge < -0.3 is 4.90 Å². The van der Waals surface area contributed by atoms with E-state index in [1.54, 1.807) is 0 Å². The van der Waals surface area contributed by atoms with Crippen LogP contribution >= 0.6 is 0 Å². The average molecular weight is 243 g/mol. The Kier molecular flexibility index (Phi) is 2.89. The molecule has 2 heteroatoms. The van der Waals surface area contributed by atoms with E-state index in [0.29, 0.717) is 11.9 Å². The lowest BCUT2D eigenvalue weighted by Gasteiger charge is -2.29. The molecule has 0 aliphatic heterocycles. The zero-order chi connectivity index (χ0) is 12.6. The molecule has 1 aromatic carbocycles. The Hall–Kier alpha value is -1.31. The molecule has 0 unspecified atom stereocenters. The number of carbonyl (C=O) groups is 1. The predicted molar refractivity (Wildman–Crippen MR) is 72.4 cm³/mol. The van der Waals surface area contributed by atoms with Crippen molar-refractivity contribution >= 4 is 5.91 Å². The summed E-state index contributed by atoms with van der Waals surface area (Å²) in [7, 11) is 2.00. The van der Waals surface area contributed by atoms with Gasteiger partial charge in [0.05, 0.1) is 5.41 Å². The van der Waals surface area contributed by atoms with Crippen molar-refractivity contribution in [3.05, 3.63) is 35.9 Å². The molecular weight excluding hydrogens is 222 g/mol. The molecule has 0 spiro atoms. The molecule has 1 amide bonds. The van der Waals surface area contributed by atoms with Crippen molar-refractivity contribution in [2.45, 2.75) is 50.0 Å². The Bertz CT molecular complexity index is 430. The normalized spacial score (nSPS) is 21.8. The number of amides is 1. The summed E-state index contributed by atoms with van der Waals surface area (Å²) in [6, 6.07) is 10.8. The van der Waals surface area contributed by atoms with Crippen molar-refractivity contribution in [1.82, 2.24) is 4.90 Å². The van der Waals surface area contributed by atoms with Crippen molar-refractivity contribution in [3.8, 4) is 0 Å². The van der Waals surface area contributed by atoms with E-state index < -0.39 is 0 Å². The van der Waals surface area contributed by atoms with Gasteiger partial charge in [0.25, 0.3) is 0 Å². The van der Waals surface area contributed by atoms with Crippen LogP contribution in [0.1, 0.15) is 44.1 Å². The maximum atomic E-state index is 12.7. The van der Waals surface area contributed by atoms with Crippen LogP contribution in [0.2, 0.25) is 0 Å². The molecule has 18 heavy (non-hydrogen) atoms. The number of likely N-dealkylation sites (N-methyl/N-ethyl adjacent to an activating group) is 1. The van der Waals surface area contributed by atoms with Gasteiger partial charge in [0, 0.05) is 13.1 Å². The van der Waals surface area contributed by atoms with Crippen LogP contribution in [0.3, 0.4) is 0 Å². The van der Waals surface area contributed by atoms with Crippen molar-refractivity contribution in [3.63, 3.8) is 0 Å². The van der Waals surface area contributed by atoms with Crippen LogP contribution in [-0.2, 0) is 10.2 Å². The molecule has 0 radical (unpaired) electrons. The van der Waals surface area contributed by atoms with E-state index in [-0.39, 0.29) is 5.41 Å². The Morgan fingerprint density at radius 3 is 2.33 bits per heavy atom. The monoisotopic (exact) mass is 243 g/mol. The molecular formula is C16H21NO. The van der Waals surface area contributed by atoms with Crippen LogP contribution in [-0.4, -0.2) is 23.9 Å². The molecule has 2 fully saturated rings. The lowest BCUT2D eigenvalue weighted by Crippen LogP contribution is -2.42. The fourth-order valence-corrected chi connectivity index (χ4v) is 3.30. The zero-order valence-electron chi connectivity index (χ0n) is 11.1. The summed E-state index contributed by atoms with van der Waals surface area (Å²) in [5, 5.41) is 0. The van der Waals surface area contributed by atoms with Crippen molar-refractivity contribution in [1.29, 1.82) is 0 Å². The number of carbonyl (C=O) groups excluding carboxylic acids is 1. The molecule has 2 aliphatic carbocycles. The van der Waals surface area contributed by atoms with E-state index in [2.05, 4.69) is 12.1 Å². The summed E-state index contributed by atoms with van der Waals surface area (Å²) in [6.07, 6.45) is 6.97. The van der Waals surface area contributed by atoms with E-state index in [1.165, 1.54) is 31.2 Å². The summed E-state index contributed by atoms with van der Waals surface area (Å²) < 4.78 is 0. The molecule has 96 valence electrons. The molecule has 2 saturated carbocycles. The van der Waals surface area contributed by atoms with Crippen molar-refractivity contribution < 1.29 is 4.79 Å². The molecule has 0 saturated heterocycles. The lowest BCUT2D eigenvalue weighted by molar-refractivity contribution is -0.134. The van der Waals surface area contributed by atoms with Crippen molar-refractivity contribution in [2.75, 3.05) is 7.05 Å². The predicted octanol–water partition coefficient (Wildman–Crippen LogP) is 3.12. The molecule has 0 heterocycles. The van der Waals surface area contributed by atoms with Gasteiger partial charge in [-0.15, -0.1) is 0 Å². The third kappa shape index (κ3) is 1.84. The number of rotatable bonds is 3. The summed E-state index contributed by atoms with van der Waals surface area (Å²) in [6.45, 7) is 0. The molecule has 0 atom stereocenters. The Labute approximate surface area is 109 Å². The molecule has 2 nitrogen and oxygen atoms in total. The van der Waals surface area contributed by atoms with Gasteiger partial charge in [-0.25, -0.2) is 0 Å². The van der Waals surface area contributed by atoms with E-state index >= 15 is 0 Å². The Morgan fingerprint density at radius 2 is 1.78 bits per heavy atom. The molecule has 3 rings (SSSR count). The fraction of sp³-hybridized carbons (Fsp3) is 0.562. The van der Waals surface area contributed by atoms with Gasteiger partial charge in [-0.3, -0.25) is 4.79 Å². The summed E-state index contributed by atoms with van der Waals surface area (Å²) in [5.41, 5.74) is 1.03. The second-order valence-electron chi connectivity index (χ2n) is 5.80. The number of hydrogen-bond acceptors (Lipinski definition) is 1. The zero-order valence-corrected chi connectivity index (χ0v) is 11.1. The van der Waals surface area contributed by atoms with Gasteiger partial charge in [-0.2, -0.15) is 0 Å². The van der Waals surface area contributed by atoms with Crippen LogP contribution in [0, 0.1) is 0 Å². The SMILES string of the molecule is CN(C(=O)C1(c2ccccc2)CC1)C1CCCC1. The van der Waals surface area contributed by atoms with Crippen LogP contribution in [0.4, 0.5) is 0 Å². The highest BCUT2D eigenvalue weighted by Gasteiger charge is 2.53. The minimum absolute atomic E-state index is 0.182. The number of nitrogens with zero attached hydrogens (tertiary/aromatic N) is 1. The van der Waals surface area contributed by atoms with E-state index in [0.717, 1.165) is 12.8 Å². The van der Waals surface area contributed by atoms with Gasteiger partial charge in [0.2, 0.25) is 5.91 Å². The maximum Gasteiger partial charge on any atom is 0.233 e. The molecule has 0 aromatic heterocycles. The van der Waals surface area contributed by atoms with Gasteiger partial charge >= 0.3 is 0 Å². The first kappa shape index (κ1) is 11.8. The first-order chi connectivity index (χ1) is 8.74. The third-order valence-corrected chi connectivity index (χ3v) is 4.68. The molecule has 0 N–H and O–H groups in total. The number of benzene rings is 1. The largest absolute Gasteiger partial charge is 0.342 e. The van der Waals surface area contributed by atoms with Crippen molar-refractivity contribution in [2.24, 2.45) is 0 Å². The summed E-state index contributed by atoms with van der Waals surface area (Å²) in [5.74, 6) is 0.348. The molecule has 1 aromatic rings. The van der Waals surface area contributed by atoms with Gasteiger partial charge in [-0.1, -0.05) is 43.2 Å². The Balaban J connectivity index is 1.80. The molecule has 2 aliphatic rings. The second-order valence-corrected chi connectivity index (χ2v) is 5.80. The van der Waals surface area contributed by atoms with E-state index in [1.807, 2.05) is 30.1 Å². The van der Waals surface area contributed by atoms with Crippen LogP contribution in [0.15, 0.2) is 30.3 Å². The summed E-state index contributed by atoms with van der Waals surface area (Å²) >= 11 is 0. The second kappa shape index (κ2) is 4.42. The topological polar surface area (TPSA) is 20.3 Å². The van der Waals surface area contributed by atoms with Gasteiger partial charge in [-0.05, 0) is 31.2 Å². The molecule has 0 bridgehead atoms. The quantitative estimate of drug-likeness (QED) is 0.798.